The second-order valence-electron chi connectivity index (χ2n) is 12.0. The summed E-state index contributed by atoms with van der Waals surface area (Å²) in [5.41, 5.74) is 11.3. The largest absolute Gasteiger partial charge is 0.309 e. The molecule has 2 heterocycles. The maximum atomic E-state index is 6.02. The van der Waals surface area contributed by atoms with Crippen LogP contribution in [0.1, 0.15) is 18.2 Å². The standard InChI is InChI=1S/C46H32N4/c1-3-14-42-40(4-2)41-21-11-12-22-43(41)50(42)39-20-13-19-38(31-39)34-25-29-37(30-26-34)46-48-44(35-17-9-6-10-18-35)47-45(49-46)36-27-23-33(24-28-36)32-15-7-5-8-16-32/h2-3,5-31H,1H3/b14-3-. The van der Waals surface area contributed by atoms with Crippen LogP contribution in [0.5, 0.6) is 0 Å². The van der Waals surface area contributed by atoms with Crippen molar-refractivity contribution in [2.75, 3.05) is 0 Å². The Balaban J connectivity index is 1.17. The van der Waals surface area contributed by atoms with Crippen LogP contribution in [0.4, 0.5) is 0 Å². The van der Waals surface area contributed by atoms with E-state index in [0.717, 1.165) is 61.2 Å². The van der Waals surface area contributed by atoms with Crippen LogP contribution >= 0.6 is 0 Å². The minimum absolute atomic E-state index is 0.623. The third-order valence-corrected chi connectivity index (χ3v) is 8.88. The molecule has 0 aliphatic rings. The molecule has 0 N–H and O–H groups in total. The lowest BCUT2D eigenvalue weighted by molar-refractivity contribution is 1.07. The zero-order chi connectivity index (χ0) is 33.9. The highest BCUT2D eigenvalue weighted by molar-refractivity contribution is 5.93. The van der Waals surface area contributed by atoms with Crippen LogP contribution in [-0.4, -0.2) is 19.5 Å². The van der Waals surface area contributed by atoms with Gasteiger partial charge in [-0.05, 0) is 53.5 Å². The number of nitrogens with zero attached hydrogens (tertiary/aromatic N) is 4. The molecule has 8 aromatic rings. The van der Waals surface area contributed by atoms with E-state index in [4.69, 9.17) is 21.4 Å². The maximum absolute atomic E-state index is 6.02. The third kappa shape index (κ3) is 5.78. The molecular formula is C46H32N4. The average Bonchev–Trinajstić information content (AvgIpc) is 3.51. The maximum Gasteiger partial charge on any atom is 0.164 e. The number of hydrogen-bond acceptors (Lipinski definition) is 3. The fourth-order valence-corrected chi connectivity index (χ4v) is 6.43. The lowest BCUT2D eigenvalue weighted by atomic mass is 10.0. The van der Waals surface area contributed by atoms with Gasteiger partial charge in [0.15, 0.2) is 17.5 Å². The van der Waals surface area contributed by atoms with Gasteiger partial charge in [-0.15, -0.1) is 6.42 Å². The quantitative estimate of drug-likeness (QED) is 0.163. The van der Waals surface area contributed by atoms with Crippen LogP contribution in [0.15, 0.2) is 164 Å². The van der Waals surface area contributed by atoms with Crippen molar-refractivity contribution in [2.24, 2.45) is 0 Å². The molecule has 0 saturated carbocycles. The number of benzene rings is 6. The highest BCUT2D eigenvalue weighted by atomic mass is 15.0. The van der Waals surface area contributed by atoms with Crippen LogP contribution in [0, 0.1) is 12.3 Å². The normalized spacial score (nSPS) is 11.2. The summed E-state index contributed by atoms with van der Waals surface area (Å²) in [5, 5.41) is 1.07. The monoisotopic (exact) mass is 640 g/mol. The number of aromatic nitrogens is 4. The predicted octanol–water partition coefficient (Wildman–Crippen LogP) is 11.2. The molecule has 6 aromatic carbocycles. The molecule has 0 aliphatic carbocycles. The van der Waals surface area contributed by atoms with E-state index < -0.39 is 0 Å². The minimum atomic E-state index is 0.623. The van der Waals surface area contributed by atoms with Gasteiger partial charge in [0.25, 0.3) is 0 Å². The Hall–Kier alpha value is -6.83. The molecule has 4 nitrogen and oxygen atoms in total. The molecular weight excluding hydrogens is 609 g/mol. The molecule has 0 atom stereocenters. The van der Waals surface area contributed by atoms with Crippen LogP contribution in [0.3, 0.4) is 0 Å². The Morgan fingerprint density at radius 3 is 1.54 bits per heavy atom. The van der Waals surface area contributed by atoms with Crippen LogP contribution in [0.25, 0.3) is 79.1 Å². The van der Waals surface area contributed by atoms with Crippen LogP contribution < -0.4 is 0 Å². The van der Waals surface area contributed by atoms with Crippen LogP contribution in [-0.2, 0) is 0 Å². The van der Waals surface area contributed by atoms with Gasteiger partial charge in [0, 0.05) is 27.8 Å². The van der Waals surface area contributed by atoms with Gasteiger partial charge in [-0.2, -0.15) is 0 Å². The highest BCUT2D eigenvalue weighted by Gasteiger charge is 2.16. The van der Waals surface area contributed by atoms with Gasteiger partial charge in [0.1, 0.15) is 0 Å². The first-order valence-corrected chi connectivity index (χ1v) is 16.6. The number of para-hydroxylation sites is 1. The summed E-state index contributed by atoms with van der Waals surface area (Å²) in [5.74, 6) is 4.82. The number of fused-ring (bicyclic) bond motifs is 1. The van der Waals surface area contributed by atoms with Gasteiger partial charge in [-0.1, -0.05) is 152 Å². The summed E-state index contributed by atoms with van der Waals surface area (Å²) in [4.78, 5) is 14.8. The van der Waals surface area contributed by atoms with E-state index in [1.54, 1.807) is 0 Å². The van der Waals surface area contributed by atoms with Crippen molar-refractivity contribution in [1.29, 1.82) is 0 Å². The van der Waals surface area contributed by atoms with Crippen molar-refractivity contribution in [1.82, 2.24) is 19.5 Å². The molecule has 0 fully saturated rings. The topological polar surface area (TPSA) is 43.6 Å². The smallest absolute Gasteiger partial charge is 0.164 e. The molecule has 2 aromatic heterocycles. The van der Waals surface area contributed by atoms with Crippen molar-refractivity contribution >= 4 is 17.0 Å². The second-order valence-corrected chi connectivity index (χ2v) is 12.0. The van der Waals surface area contributed by atoms with Crippen molar-refractivity contribution < 1.29 is 0 Å². The molecule has 0 aliphatic heterocycles. The number of hydrogen-bond donors (Lipinski definition) is 0. The molecule has 8 rings (SSSR count). The summed E-state index contributed by atoms with van der Waals surface area (Å²) in [6.07, 6.45) is 10.1. The average molecular weight is 641 g/mol. The molecule has 0 radical (unpaired) electrons. The van der Waals surface area contributed by atoms with Crippen LogP contribution in [0.2, 0.25) is 0 Å². The van der Waals surface area contributed by atoms with Gasteiger partial charge in [-0.3, -0.25) is 0 Å². The Morgan fingerprint density at radius 1 is 0.500 bits per heavy atom. The van der Waals surface area contributed by atoms with Gasteiger partial charge < -0.3 is 4.57 Å². The zero-order valence-corrected chi connectivity index (χ0v) is 27.5. The summed E-state index contributed by atoms with van der Waals surface area (Å²) in [7, 11) is 0. The molecule has 50 heavy (non-hydrogen) atoms. The Morgan fingerprint density at radius 2 is 0.960 bits per heavy atom. The summed E-state index contributed by atoms with van der Waals surface area (Å²) in [6, 6.07) is 54.1. The molecule has 0 bridgehead atoms. The van der Waals surface area contributed by atoms with Crippen molar-refractivity contribution in [3.63, 3.8) is 0 Å². The minimum Gasteiger partial charge on any atom is -0.309 e. The molecule has 0 amide bonds. The van der Waals surface area contributed by atoms with E-state index in [1.807, 2.05) is 55.5 Å². The molecule has 236 valence electrons. The first-order valence-electron chi connectivity index (χ1n) is 16.6. The fourth-order valence-electron chi connectivity index (χ4n) is 6.43. The van der Waals surface area contributed by atoms with E-state index in [9.17, 15) is 0 Å². The molecule has 0 spiro atoms. The Labute approximate surface area is 292 Å². The Kier molecular flexibility index (Phi) is 8.14. The lowest BCUT2D eigenvalue weighted by Gasteiger charge is -2.12. The SMILES string of the molecule is C#Cc1c(/C=C\C)n(-c2cccc(-c3ccc(-c4nc(-c5ccccc5)nc(-c5ccc(-c6ccccc6)cc5)n4)cc3)c2)c2ccccc12. The van der Waals surface area contributed by atoms with E-state index in [-0.39, 0.29) is 0 Å². The van der Waals surface area contributed by atoms with Gasteiger partial charge >= 0.3 is 0 Å². The van der Waals surface area contributed by atoms with Crippen molar-refractivity contribution in [3.8, 4) is 74.4 Å². The van der Waals surface area contributed by atoms with Gasteiger partial charge in [0.05, 0.1) is 16.8 Å². The van der Waals surface area contributed by atoms with E-state index in [0.29, 0.717) is 17.5 Å². The lowest BCUT2D eigenvalue weighted by Crippen LogP contribution is -2.00. The van der Waals surface area contributed by atoms with E-state index in [2.05, 4.69) is 132 Å². The van der Waals surface area contributed by atoms with Crippen molar-refractivity contribution in [3.05, 3.63) is 175 Å². The summed E-state index contributed by atoms with van der Waals surface area (Å²) < 4.78 is 2.24. The van der Waals surface area contributed by atoms with E-state index in [1.165, 1.54) is 5.56 Å². The predicted molar refractivity (Wildman–Crippen MR) is 206 cm³/mol. The zero-order valence-electron chi connectivity index (χ0n) is 27.5. The molecule has 4 heteroatoms. The Bertz CT molecular complexity index is 2520. The van der Waals surface area contributed by atoms with Crippen molar-refractivity contribution in [2.45, 2.75) is 6.92 Å². The first-order chi connectivity index (χ1) is 24.7. The number of terminal acetylenes is 1. The number of rotatable bonds is 7. The molecule has 0 unspecified atom stereocenters. The van der Waals surface area contributed by atoms with E-state index >= 15 is 0 Å². The molecule has 0 saturated heterocycles. The third-order valence-electron chi connectivity index (χ3n) is 8.88. The second kappa shape index (κ2) is 13.4. The summed E-state index contributed by atoms with van der Waals surface area (Å²) >= 11 is 0. The first kappa shape index (κ1) is 30.5. The number of allylic oxidation sites excluding steroid dienone is 1. The fraction of sp³-hybridized carbons (Fsp3) is 0.0217. The van der Waals surface area contributed by atoms with Gasteiger partial charge in [0.2, 0.25) is 0 Å². The van der Waals surface area contributed by atoms with Gasteiger partial charge in [-0.25, -0.2) is 15.0 Å². The highest BCUT2D eigenvalue weighted by Crippen LogP contribution is 2.33. The summed E-state index contributed by atoms with van der Waals surface area (Å²) in [6.45, 7) is 2.01.